The van der Waals surface area contributed by atoms with Gasteiger partial charge in [-0.05, 0) is 12.1 Å². The molecule has 0 saturated carbocycles. The normalized spacial score (nSPS) is 16.3. The highest BCUT2D eigenvalue weighted by Crippen LogP contribution is 2.27. The lowest BCUT2D eigenvalue weighted by Gasteiger charge is -2.17. The first-order chi connectivity index (χ1) is 8.67. The van der Waals surface area contributed by atoms with Crippen LogP contribution in [0.1, 0.15) is 5.56 Å². The first kappa shape index (κ1) is 11.0. The second-order valence-corrected chi connectivity index (χ2v) is 5.47. The van der Waals surface area contributed by atoms with Crippen LogP contribution in [0, 0.1) is 0 Å². The van der Waals surface area contributed by atoms with Gasteiger partial charge in [0.2, 0.25) is 0 Å². The maximum Gasteiger partial charge on any atom is 0.286 e. The number of nitrogens with one attached hydrogen (secondary N) is 1. The van der Waals surface area contributed by atoms with Gasteiger partial charge in [-0.25, -0.2) is 0 Å². The summed E-state index contributed by atoms with van der Waals surface area (Å²) in [6.45, 7) is 0. The molecule has 5 heteroatoms. The van der Waals surface area contributed by atoms with E-state index in [1.807, 2.05) is 30.3 Å². The molecule has 0 saturated heterocycles. The molecule has 1 heterocycles. The summed E-state index contributed by atoms with van der Waals surface area (Å²) in [6, 6.07) is 15.9. The maximum absolute atomic E-state index is 12.0. The number of para-hydroxylation sites is 1. The van der Waals surface area contributed by atoms with Crippen LogP contribution in [0.15, 0.2) is 63.9 Å². The molecule has 2 aromatic carbocycles. The Balaban J connectivity index is 2.16. The number of hydrogen-bond acceptors (Lipinski definition) is 3. The highest BCUT2D eigenvalue weighted by molar-refractivity contribution is 7.90. The first-order valence-electron chi connectivity index (χ1n) is 5.43. The van der Waals surface area contributed by atoms with Gasteiger partial charge in [0.1, 0.15) is 4.90 Å². The number of hydrogen-bond donors (Lipinski definition) is 1. The number of amidine groups is 1. The van der Waals surface area contributed by atoms with Gasteiger partial charge in [-0.15, -0.1) is 4.40 Å². The molecule has 1 N–H and O–H groups in total. The summed E-state index contributed by atoms with van der Waals surface area (Å²) in [4.78, 5) is 0.213. The van der Waals surface area contributed by atoms with Gasteiger partial charge in [0.15, 0.2) is 5.84 Å². The largest absolute Gasteiger partial charge is 0.338 e. The smallest absolute Gasteiger partial charge is 0.286 e. The van der Waals surface area contributed by atoms with Gasteiger partial charge in [-0.3, -0.25) is 0 Å². The number of fused-ring (bicyclic) bond motifs is 1. The molecule has 0 aromatic heterocycles. The van der Waals surface area contributed by atoms with Crippen molar-refractivity contribution in [2.75, 3.05) is 5.32 Å². The van der Waals surface area contributed by atoms with Crippen molar-refractivity contribution in [2.45, 2.75) is 4.90 Å². The molecular weight excluding hydrogens is 248 g/mol. The Kier molecular flexibility index (Phi) is 2.41. The molecule has 0 aliphatic carbocycles. The van der Waals surface area contributed by atoms with E-state index in [0.717, 1.165) is 5.56 Å². The Morgan fingerprint density at radius 3 is 2.33 bits per heavy atom. The topological polar surface area (TPSA) is 58.5 Å². The summed E-state index contributed by atoms with van der Waals surface area (Å²) in [7, 11) is -3.61. The van der Waals surface area contributed by atoms with Crippen LogP contribution in [-0.4, -0.2) is 14.3 Å². The third-order valence-electron chi connectivity index (χ3n) is 2.68. The number of benzene rings is 2. The minimum Gasteiger partial charge on any atom is -0.338 e. The van der Waals surface area contributed by atoms with E-state index < -0.39 is 10.0 Å². The molecule has 0 radical (unpaired) electrons. The SMILES string of the molecule is O=S1(=O)N=C(c2ccccc2)Nc2ccccc21. The standard InChI is InChI=1S/C13H10N2O2S/c16-18(17)12-9-5-4-8-11(12)14-13(15-18)10-6-2-1-3-7-10/h1-9H,(H,14,15). The predicted molar refractivity (Wildman–Crippen MR) is 70.2 cm³/mol. The van der Waals surface area contributed by atoms with Crippen LogP contribution < -0.4 is 5.32 Å². The summed E-state index contributed by atoms with van der Waals surface area (Å²) >= 11 is 0. The van der Waals surface area contributed by atoms with E-state index in [1.165, 1.54) is 0 Å². The van der Waals surface area contributed by atoms with E-state index in [0.29, 0.717) is 11.5 Å². The van der Waals surface area contributed by atoms with Gasteiger partial charge in [0.05, 0.1) is 5.69 Å². The van der Waals surface area contributed by atoms with E-state index in [-0.39, 0.29) is 4.90 Å². The second-order valence-electron chi connectivity index (χ2n) is 3.90. The van der Waals surface area contributed by atoms with Crippen molar-refractivity contribution in [3.63, 3.8) is 0 Å². The molecule has 1 aliphatic rings. The molecule has 18 heavy (non-hydrogen) atoms. The molecule has 4 nitrogen and oxygen atoms in total. The van der Waals surface area contributed by atoms with Crippen LogP contribution in [-0.2, 0) is 10.0 Å². The number of sulfonamides is 1. The lowest BCUT2D eigenvalue weighted by Crippen LogP contribution is -2.22. The zero-order valence-corrected chi connectivity index (χ0v) is 10.2. The fraction of sp³-hybridized carbons (Fsp3) is 0. The number of nitrogens with zero attached hydrogens (tertiary/aromatic N) is 1. The minimum absolute atomic E-state index is 0.213. The lowest BCUT2D eigenvalue weighted by atomic mass is 10.2. The molecular formula is C13H10N2O2S. The molecule has 90 valence electrons. The van der Waals surface area contributed by atoms with E-state index in [1.54, 1.807) is 24.3 Å². The van der Waals surface area contributed by atoms with Crippen molar-refractivity contribution in [3.05, 3.63) is 60.2 Å². The molecule has 0 amide bonds. The molecule has 2 aromatic rings. The van der Waals surface area contributed by atoms with Gasteiger partial charge >= 0.3 is 0 Å². The fourth-order valence-electron chi connectivity index (χ4n) is 1.84. The van der Waals surface area contributed by atoms with Gasteiger partial charge < -0.3 is 5.32 Å². The summed E-state index contributed by atoms with van der Waals surface area (Å²) < 4.78 is 27.9. The van der Waals surface area contributed by atoms with Crippen LogP contribution in [0.3, 0.4) is 0 Å². The van der Waals surface area contributed by atoms with Crippen LogP contribution in [0.2, 0.25) is 0 Å². The Morgan fingerprint density at radius 1 is 0.889 bits per heavy atom. The Hall–Kier alpha value is -2.14. The molecule has 0 atom stereocenters. The van der Waals surface area contributed by atoms with E-state index in [4.69, 9.17) is 0 Å². The van der Waals surface area contributed by atoms with E-state index in [2.05, 4.69) is 9.71 Å². The average Bonchev–Trinajstić information content (AvgIpc) is 2.39. The van der Waals surface area contributed by atoms with Crippen molar-refractivity contribution >= 4 is 21.5 Å². The summed E-state index contributed by atoms with van der Waals surface area (Å²) in [5.41, 5.74) is 1.31. The highest BCUT2D eigenvalue weighted by atomic mass is 32.2. The monoisotopic (exact) mass is 258 g/mol. The second kappa shape index (κ2) is 3.96. The van der Waals surface area contributed by atoms with Crippen LogP contribution >= 0.6 is 0 Å². The van der Waals surface area contributed by atoms with Gasteiger partial charge in [-0.1, -0.05) is 42.5 Å². The Labute approximate surface area is 105 Å². The average molecular weight is 258 g/mol. The summed E-state index contributed by atoms with van der Waals surface area (Å²) in [6.07, 6.45) is 0. The van der Waals surface area contributed by atoms with Crippen molar-refractivity contribution in [3.8, 4) is 0 Å². The fourth-order valence-corrected chi connectivity index (χ4v) is 2.97. The lowest BCUT2D eigenvalue weighted by molar-refractivity contribution is 0.598. The highest BCUT2D eigenvalue weighted by Gasteiger charge is 2.24. The van der Waals surface area contributed by atoms with Crippen molar-refractivity contribution < 1.29 is 8.42 Å². The van der Waals surface area contributed by atoms with Gasteiger partial charge in [-0.2, -0.15) is 8.42 Å². The van der Waals surface area contributed by atoms with Crippen LogP contribution in [0.4, 0.5) is 5.69 Å². The number of anilines is 1. The predicted octanol–water partition coefficient (Wildman–Crippen LogP) is 2.25. The number of rotatable bonds is 1. The third-order valence-corrected chi connectivity index (χ3v) is 4.01. The van der Waals surface area contributed by atoms with Gasteiger partial charge in [0, 0.05) is 5.56 Å². The molecule has 0 spiro atoms. The Bertz CT molecular complexity index is 722. The zero-order chi connectivity index (χ0) is 12.6. The van der Waals surface area contributed by atoms with Crippen molar-refractivity contribution in [1.82, 2.24) is 0 Å². The molecule has 0 bridgehead atoms. The molecule has 1 aliphatic heterocycles. The van der Waals surface area contributed by atoms with Gasteiger partial charge in [0.25, 0.3) is 10.0 Å². The van der Waals surface area contributed by atoms with E-state index >= 15 is 0 Å². The molecule has 0 unspecified atom stereocenters. The van der Waals surface area contributed by atoms with Crippen LogP contribution in [0.5, 0.6) is 0 Å². The van der Waals surface area contributed by atoms with E-state index in [9.17, 15) is 8.42 Å². The van der Waals surface area contributed by atoms with Crippen LogP contribution in [0.25, 0.3) is 0 Å². The zero-order valence-electron chi connectivity index (χ0n) is 9.37. The summed E-state index contributed by atoms with van der Waals surface area (Å²) in [5.74, 6) is 0.356. The van der Waals surface area contributed by atoms with Crippen molar-refractivity contribution in [1.29, 1.82) is 0 Å². The quantitative estimate of drug-likeness (QED) is 0.853. The Morgan fingerprint density at radius 2 is 1.56 bits per heavy atom. The van der Waals surface area contributed by atoms with Crippen molar-refractivity contribution in [2.24, 2.45) is 4.40 Å². The third kappa shape index (κ3) is 1.78. The summed E-state index contributed by atoms with van der Waals surface area (Å²) in [5, 5.41) is 3.04. The maximum atomic E-state index is 12.0. The molecule has 3 rings (SSSR count). The first-order valence-corrected chi connectivity index (χ1v) is 6.87. The minimum atomic E-state index is -3.61. The molecule has 0 fully saturated rings.